The molecule has 10 amide bonds. The number of ether oxygens (including phenoxy) is 5. The van der Waals surface area contributed by atoms with Gasteiger partial charge in [0.05, 0.1) is 44.3 Å². The average molecular weight is 1270 g/mol. The number of hydrogen-bond donors (Lipinski definition) is 6. The minimum absolute atomic E-state index is 0.0153. The van der Waals surface area contributed by atoms with Crippen molar-refractivity contribution >= 4 is 105 Å². The van der Waals surface area contributed by atoms with Gasteiger partial charge < -0.3 is 74.9 Å². The summed E-state index contributed by atoms with van der Waals surface area (Å²) >= 11 is 6.61. The summed E-state index contributed by atoms with van der Waals surface area (Å²) in [5, 5.41) is 21.4. The number of nitrogens with one attached hydrogen (secondary N) is 4. The maximum Gasteiger partial charge on any atom is 0.415 e. The normalized spacial score (nSPS) is 14.0. The molecule has 0 saturated carbocycles. The number of aromatic hydroxyl groups is 1. The zero-order chi connectivity index (χ0) is 65.5. The lowest BCUT2D eigenvalue weighted by Gasteiger charge is -2.24. The molecule has 0 saturated heterocycles. The summed E-state index contributed by atoms with van der Waals surface area (Å²) in [6, 6.07) is 20.7. The van der Waals surface area contributed by atoms with Crippen LogP contribution in [0.25, 0.3) is 16.4 Å². The van der Waals surface area contributed by atoms with Crippen LogP contribution in [0.1, 0.15) is 71.0 Å². The lowest BCUT2D eigenvalue weighted by molar-refractivity contribution is -0.137. The number of primary amides is 1. The van der Waals surface area contributed by atoms with Gasteiger partial charge in [0.1, 0.15) is 41.8 Å². The summed E-state index contributed by atoms with van der Waals surface area (Å²) in [5.74, 6) is -3.62. The molecule has 2 aliphatic rings. The molecule has 7 N–H and O–H groups in total. The molecule has 91 heavy (non-hydrogen) atoms. The first-order valence-electron chi connectivity index (χ1n) is 29.0. The molecule has 3 atom stereocenters. The Kier molecular flexibility index (Phi) is 22.5. The molecule has 6 aromatic rings. The predicted octanol–water partition coefficient (Wildman–Crippen LogP) is 6.79. The van der Waals surface area contributed by atoms with Crippen molar-refractivity contribution in [1.29, 1.82) is 0 Å². The second-order valence-corrected chi connectivity index (χ2v) is 22.1. The van der Waals surface area contributed by atoms with Crippen LogP contribution in [0.15, 0.2) is 109 Å². The SMILES string of the molecule is COc1cccc2c(OC(=O)N(C)CCN(C)C(=O)OCc3ccc(NC(=O)[C@H](CCCNC(N)=O)CC(=O)[C@@H](NC(=O)OCCOCCN4C(=O)C=CC4=O)C(C)C)cc3)cc3c(c12)[C@H](CCl)CN3C(=O)c1cn2cc(NC(=O)c3ccc(O)cc3)ccc2n1. The van der Waals surface area contributed by atoms with Crippen molar-refractivity contribution in [3.8, 4) is 17.2 Å². The summed E-state index contributed by atoms with van der Waals surface area (Å²) in [4.78, 5) is 139. The summed E-state index contributed by atoms with van der Waals surface area (Å²) in [6.07, 6.45) is 3.30. The zero-order valence-electron chi connectivity index (χ0n) is 50.6. The van der Waals surface area contributed by atoms with E-state index in [1.165, 1.54) is 60.2 Å². The van der Waals surface area contributed by atoms with Gasteiger partial charge in [-0.25, -0.2) is 24.2 Å². The van der Waals surface area contributed by atoms with Crippen molar-refractivity contribution in [2.75, 3.05) is 95.2 Å². The molecule has 0 fully saturated rings. The number of fused-ring (bicyclic) bond motifs is 4. The lowest BCUT2D eigenvalue weighted by Crippen LogP contribution is -2.46. The predicted molar refractivity (Wildman–Crippen MR) is 333 cm³/mol. The number of halogens is 1. The number of benzene rings is 4. The summed E-state index contributed by atoms with van der Waals surface area (Å²) < 4.78 is 29.6. The molecule has 0 radical (unpaired) electrons. The van der Waals surface area contributed by atoms with Crippen molar-refractivity contribution in [3.05, 3.63) is 132 Å². The Morgan fingerprint density at radius 3 is 2.21 bits per heavy atom. The van der Waals surface area contributed by atoms with Crippen molar-refractivity contribution in [3.63, 3.8) is 0 Å². The van der Waals surface area contributed by atoms with E-state index in [1.807, 2.05) is 0 Å². The largest absolute Gasteiger partial charge is 0.508 e. The van der Waals surface area contributed by atoms with E-state index in [9.17, 15) is 53.1 Å². The number of Topliss-reactive ketones (excluding diaryl/α,β-unsaturated/α-hetero) is 1. The Hall–Kier alpha value is -10.3. The molecular weight excluding hydrogens is 1200 g/mol. The Morgan fingerprint density at radius 2 is 1.53 bits per heavy atom. The van der Waals surface area contributed by atoms with Gasteiger partial charge in [-0.3, -0.25) is 33.7 Å². The molecule has 0 spiro atoms. The topological polar surface area (TPSA) is 341 Å². The van der Waals surface area contributed by atoms with Gasteiger partial charge in [-0.2, -0.15) is 0 Å². The van der Waals surface area contributed by atoms with Crippen LogP contribution in [-0.2, 0) is 40.0 Å². The molecule has 2 aromatic heterocycles. The quantitative estimate of drug-likeness (QED) is 0.0167. The number of likely N-dealkylation sites (N-methyl/N-ethyl adjacent to an activating group) is 2. The molecule has 0 aliphatic carbocycles. The molecule has 4 heterocycles. The first kappa shape index (κ1) is 66.7. The number of methoxy groups -OCH3 is 1. The number of amides is 10. The number of alkyl halides is 1. The first-order chi connectivity index (χ1) is 43.6. The first-order valence-corrected chi connectivity index (χ1v) is 29.6. The Bertz CT molecular complexity index is 3730. The van der Waals surface area contributed by atoms with Crippen LogP contribution in [0.3, 0.4) is 0 Å². The summed E-state index contributed by atoms with van der Waals surface area (Å²) in [5.41, 5.74) is 8.59. The van der Waals surface area contributed by atoms with E-state index in [1.54, 1.807) is 91.3 Å². The molecular formula is C63H70ClN11O16. The highest BCUT2D eigenvalue weighted by atomic mass is 35.5. The number of urea groups is 1. The number of aromatic nitrogens is 2. The lowest BCUT2D eigenvalue weighted by atomic mass is 9.89. The number of ketones is 1. The van der Waals surface area contributed by atoms with Gasteiger partial charge >= 0.3 is 24.3 Å². The summed E-state index contributed by atoms with van der Waals surface area (Å²) in [6.45, 7) is 3.46. The number of pyridine rings is 1. The van der Waals surface area contributed by atoms with Gasteiger partial charge in [-0.1, -0.05) is 38.1 Å². The van der Waals surface area contributed by atoms with E-state index >= 15 is 0 Å². The van der Waals surface area contributed by atoms with Crippen LogP contribution in [0.2, 0.25) is 0 Å². The third-order valence-electron chi connectivity index (χ3n) is 15.0. The van der Waals surface area contributed by atoms with Crippen LogP contribution < -0.4 is 41.4 Å². The van der Waals surface area contributed by atoms with Crippen LogP contribution in [-0.4, -0.2) is 174 Å². The number of hydrogen-bond acceptors (Lipinski definition) is 17. The van der Waals surface area contributed by atoms with Crippen LogP contribution in [0, 0.1) is 11.8 Å². The van der Waals surface area contributed by atoms with Gasteiger partial charge in [0.15, 0.2) is 5.78 Å². The highest BCUT2D eigenvalue weighted by Crippen LogP contribution is 2.49. The molecule has 0 unspecified atom stereocenters. The van der Waals surface area contributed by atoms with Gasteiger partial charge in [0.2, 0.25) is 5.91 Å². The maximum atomic E-state index is 14.5. The molecule has 2 aliphatic heterocycles. The highest BCUT2D eigenvalue weighted by Gasteiger charge is 2.38. The third kappa shape index (κ3) is 17.1. The fraction of sp³-hybridized carbons (Fsp3) is 0.349. The van der Waals surface area contributed by atoms with Gasteiger partial charge in [0.25, 0.3) is 23.6 Å². The number of nitrogens with zero attached hydrogens (tertiary/aromatic N) is 6. The van der Waals surface area contributed by atoms with Crippen LogP contribution in [0.5, 0.6) is 17.2 Å². The molecule has 27 nitrogen and oxygen atoms in total. The van der Waals surface area contributed by atoms with Crippen molar-refractivity contribution in [2.45, 2.75) is 51.7 Å². The van der Waals surface area contributed by atoms with Gasteiger partial charge in [-0.15, -0.1) is 11.6 Å². The fourth-order valence-corrected chi connectivity index (χ4v) is 10.4. The Balaban J connectivity index is 0.834. The van der Waals surface area contributed by atoms with Crippen molar-refractivity contribution in [1.82, 2.24) is 34.7 Å². The number of anilines is 3. The van der Waals surface area contributed by atoms with Crippen molar-refractivity contribution < 1.29 is 76.7 Å². The smallest absolute Gasteiger partial charge is 0.415 e. The van der Waals surface area contributed by atoms with E-state index in [2.05, 4.69) is 26.3 Å². The third-order valence-corrected chi connectivity index (χ3v) is 15.4. The van der Waals surface area contributed by atoms with Gasteiger partial charge in [0, 0.05) is 117 Å². The van der Waals surface area contributed by atoms with E-state index in [0.717, 1.165) is 17.1 Å². The van der Waals surface area contributed by atoms with Crippen LogP contribution in [0.4, 0.5) is 36.2 Å². The Morgan fingerprint density at radius 1 is 0.824 bits per heavy atom. The molecule has 0 bridgehead atoms. The number of carbonyl (C=O) groups is 10. The van der Waals surface area contributed by atoms with E-state index in [-0.39, 0.29) is 101 Å². The minimum atomic E-state index is -1.03. The second kappa shape index (κ2) is 30.8. The number of imidazole rings is 1. The van der Waals surface area contributed by atoms with Crippen LogP contribution >= 0.6 is 11.6 Å². The van der Waals surface area contributed by atoms with Gasteiger partial charge in [-0.05, 0) is 84.5 Å². The standard InChI is InChI=1S/C63H70ClN11O16/c1-37(2)56(70-61(84)89-29-28-88-27-26-74-52(78)21-22-53(74)79)48(77)30-40(8-7-23-66-60(65)83)58(81)67-42-15-11-38(12-16-42)36-90-62(85)71(3)24-25-72(4)63(86)91-50-31-47-54(55-45(50)9-6-10-49(55)87-5)41(32-64)33-75(47)59(82)46-35-73-34-43(17-20-51(73)69-46)68-57(80)39-13-18-44(76)19-14-39/h6,9-22,31,34-35,37,40-41,56,76H,7-8,23-30,32-33,36H2,1-5H3,(H,67,81)(H,68,80)(H,70,84)(H3,65,66,83)/t40-,41-,56+/m1/s1. The molecule has 4 aromatic carbocycles. The minimum Gasteiger partial charge on any atom is -0.508 e. The zero-order valence-corrected chi connectivity index (χ0v) is 51.4. The average Bonchev–Trinajstić information content (AvgIpc) is 1.66. The number of carbonyl (C=O) groups excluding carboxylic acids is 10. The number of imide groups is 1. The summed E-state index contributed by atoms with van der Waals surface area (Å²) in [7, 11) is 4.51. The molecule has 8 rings (SSSR count). The van der Waals surface area contributed by atoms with E-state index < -0.39 is 77.5 Å². The Labute approximate surface area is 527 Å². The second-order valence-electron chi connectivity index (χ2n) is 21.8. The number of alkyl carbamates (subject to hydrolysis) is 1. The highest BCUT2D eigenvalue weighted by molar-refractivity contribution is 6.19. The van der Waals surface area contributed by atoms with E-state index in [0.29, 0.717) is 62.3 Å². The number of phenolic OH excluding ortho intramolecular Hbond substituents is 1. The monoisotopic (exact) mass is 1270 g/mol. The maximum absolute atomic E-state index is 14.5. The number of nitrogens with two attached hydrogens (primary N) is 1. The number of rotatable bonds is 28. The van der Waals surface area contributed by atoms with E-state index in [4.69, 9.17) is 41.0 Å². The molecule has 28 heteroatoms. The van der Waals surface area contributed by atoms with Crippen molar-refractivity contribution in [2.24, 2.45) is 17.6 Å². The molecule has 480 valence electrons. The fourth-order valence-electron chi connectivity index (χ4n) is 10.1. The number of phenols is 1.